The number of carbonyl (C=O) groups is 1. The Labute approximate surface area is 114 Å². The molecule has 3 aromatic rings. The molecular formula is C15H13FN2O2. The van der Waals surface area contributed by atoms with Gasteiger partial charge in [0.1, 0.15) is 11.4 Å². The number of nitrogens with zero attached hydrogens (tertiary/aromatic N) is 2. The van der Waals surface area contributed by atoms with Crippen LogP contribution in [0, 0.1) is 5.82 Å². The Bertz CT molecular complexity index is 801. The Morgan fingerprint density at radius 2 is 2.20 bits per heavy atom. The van der Waals surface area contributed by atoms with Crippen molar-refractivity contribution in [3.63, 3.8) is 0 Å². The van der Waals surface area contributed by atoms with Gasteiger partial charge in [0.15, 0.2) is 5.76 Å². The highest BCUT2D eigenvalue weighted by Gasteiger charge is 2.20. The van der Waals surface area contributed by atoms with Crippen molar-refractivity contribution < 1.29 is 13.6 Å². The molecule has 0 unspecified atom stereocenters. The highest BCUT2D eigenvalue weighted by atomic mass is 19.1. The van der Waals surface area contributed by atoms with E-state index in [0.717, 1.165) is 5.69 Å². The monoisotopic (exact) mass is 272 g/mol. The summed E-state index contributed by atoms with van der Waals surface area (Å²) in [6.07, 6.45) is 2.34. The number of ketones is 1. The molecule has 20 heavy (non-hydrogen) atoms. The average Bonchev–Trinajstić information content (AvgIpc) is 3.00. The van der Waals surface area contributed by atoms with Gasteiger partial charge in [-0.3, -0.25) is 9.48 Å². The van der Waals surface area contributed by atoms with E-state index in [0.29, 0.717) is 23.0 Å². The normalized spacial score (nSPS) is 11.2. The molecule has 0 aliphatic carbocycles. The van der Waals surface area contributed by atoms with Crippen LogP contribution in [-0.2, 0) is 13.5 Å². The standard InChI is InChI=1S/C15H13FN2O2/c1-3-12-11(8-18(2)17-12)15(19)14-7-9-6-10(16)4-5-13(9)20-14/h4-8H,3H2,1-2H3. The van der Waals surface area contributed by atoms with E-state index in [1.165, 1.54) is 18.2 Å². The summed E-state index contributed by atoms with van der Waals surface area (Å²) in [7, 11) is 1.77. The molecule has 0 bridgehead atoms. The van der Waals surface area contributed by atoms with Gasteiger partial charge < -0.3 is 4.42 Å². The Morgan fingerprint density at radius 3 is 2.95 bits per heavy atom. The topological polar surface area (TPSA) is 48.0 Å². The van der Waals surface area contributed by atoms with Gasteiger partial charge in [-0.15, -0.1) is 0 Å². The fourth-order valence-electron chi connectivity index (χ4n) is 2.24. The number of hydrogen-bond donors (Lipinski definition) is 0. The van der Waals surface area contributed by atoms with Crippen LogP contribution in [0.4, 0.5) is 4.39 Å². The number of rotatable bonds is 3. The lowest BCUT2D eigenvalue weighted by Gasteiger charge is -1.95. The zero-order valence-corrected chi connectivity index (χ0v) is 11.2. The molecule has 0 saturated carbocycles. The van der Waals surface area contributed by atoms with E-state index in [9.17, 15) is 9.18 Å². The molecule has 102 valence electrons. The van der Waals surface area contributed by atoms with Gasteiger partial charge in [0.2, 0.25) is 5.78 Å². The van der Waals surface area contributed by atoms with Crippen molar-refractivity contribution in [2.24, 2.45) is 7.05 Å². The first-order chi connectivity index (χ1) is 9.58. The molecule has 0 fully saturated rings. The van der Waals surface area contributed by atoms with Gasteiger partial charge in [-0.2, -0.15) is 5.10 Å². The number of carbonyl (C=O) groups excluding carboxylic acids is 1. The molecule has 3 rings (SSSR count). The van der Waals surface area contributed by atoms with Crippen LogP contribution >= 0.6 is 0 Å². The number of aromatic nitrogens is 2. The van der Waals surface area contributed by atoms with Crippen LogP contribution in [0.15, 0.2) is 34.9 Å². The summed E-state index contributed by atoms with van der Waals surface area (Å²) in [6.45, 7) is 1.94. The van der Waals surface area contributed by atoms with E-state index in [1.54, 1.807) is 24.0 Å². The smallest absolute Gasteiger partial charge is 0.231 e. The summed E-state index contributed by atoms with van der Waals surface area (Å²) in [5, 5.41) is 4.82. The fourth-order valence-corrected chi connectivity index (χ4v) is 2.24. The van der Waals surface area contributed by atoms with E-state index < -0.39 is 0 Å². The summed E-state index contributed by atoms with van der Waals surface area (Å²) in [4.78, 5) is 12.5. The molecule has 1 aromatic carbocycles. The van der Waals surface area contributed by atoms with Crippen molar-refractivity contribution >= 4 is 16.8 Å². The molecule has 0 aliphatic heterocycles. The predicted octanol–water partition coefficient (Wildman–Crippen LogP) is 3.10. The third-order valence-corrected chi connectivity index (χ3v) is 3.19. The molecule has 0 amide bonds. The van der Waals surface area contributed by atoms with E-state index in [2.05, 4.69) is 5.10 Å². The fraction of sp³-hybridized carbons (Fsp3) is 0.200. The van der Waals surface area contributed by atoms with Gasteiger partial charge in [-0.05, 0) is 30.7 Å². The van der Waals surface area contributed by atoms with Crippen molar-refractivity contribution in [3.05, 3.63) is 53.3 Å². The Balaban J connectivity index is 2.07. The Morgan fingerprint density at radius 1 is 1.40 bits per heavy atom. The first-order valence-electron chi connectivity index (χ1n) is 6.35. The number of hydrogen-bond acceptors (Lipinski definition) is 3. The lowest BCUT2D eigenvalue weighted by Crippen LogP contribution is -2.01. The molecule has 2 heterocycles. The SMILES string of the molecule is CCc1nn(C)cc1C(=O)c1cc2cc(F)ccc2o1. The third-order valence-electron chi connectivity index (χ3n) is 3.19. The zero-order chi connectivity index (χ0) is 14.3. The molecule has 0 saturated heterocycles. The van der Waals surface area contributed by atoms with E-state index >= 15 is 0 Å². The summed E-state index contributed by atoms with van der Waals surface area (Å²) >= 11 is 0. The van der Waals surface area contributed by atoms with Gasteiger partial charge in [0.25, 0.3) is 0 Å². The van der Waals surface area contributed by atoms with Crippen molar-refractivity contribution in [1.82, 2.24) is 9.78 Å². The van der Waals surface area contributed by atoms with Gasteiger partial charge >= 0.3 is 0 Å². The maximum absolute atomic E-state index is 13.2. The molecule has 5 heteroatoms. The van der Waals surface area contributed by atoms with Crippen molar-refractivity contribution in [2.45, 2.75) is 13.3 Å². The quantitative estimate of drug-likeness (QED) is 0.688. The number of aryl methyl sites for hydroxylation is 2. The van der Waals surface area contributed by atoms with Crippen LogP contribution < -0.4 is 0 Å². The summed E-state index contributed by atoms with van der Waals surface area (Å²) in [5.41, 5.74) is 1.75. The molecule has 4 nitrogen and oxygen atoms in total. The molecule has 0 aliphatic rings. The Hall–Kier alpha value is -2.43. The largest absolute Gasteiger partial charge is 0.453 e. The lowest BCUT2D eigenvalue weighted by molar-refractivity contribution is 0.101. The van der Waals surface area contributed by atoms with Crippen LogP contribution in [0.5, 0.6) is 0 Å². The van der Waals surface area contributed by atoms with Crippen LogP contribution in [0.25, 0.3) is 11.0 Å². The lowest BCUT2D eigenvalue weighted by atomic mass is 10.1. The second-order valence-corrected chi connectivity index (χ2v) is 4.64. The van der Waals surface area contributed by atoms with E-state index in [-0.39, 0.29) is 17.4 Å². The molecule has 0 N–H and O–H groups in total. The second kappa shape index (κ2) is 4.59. The molecule has 0 atom stereocenters. The van der Waals surface area contributed by atoms with Gasteiger partial charge in [-0.1, -0.05) is 6.92 Å². The highest BCUT2D eigenvalue weighted by Crippen LogP contribution is 2.23. The summed E-state index contributed by atoms with van der Waals surface area (Å²) in [6, 6.07) is 5.74. The van der Waals surface area contributed by atoms with E-state index in [4.69, 9.17) is 4.42 Å². The second-order valence-electron chi connectivity index (χ2n) is 4.64. The first kappa shape index (κ1) is 12.6. The Kier molecular flexibility index (Phi) is 2.89. The van der Waals surface area contributed by atoms with Crippen molar-refractivity contribution in [2.75, 3.05) is 0 Å². The molecule has 0 spiro atoms. The van der Waals surface area contributed by atoms with E-state index in [1.807, 2.05) is 6.92 Å². The maximum atomic E-state index is 13.2. The summed E-state index contributed by atoms with van der Waals surface area (Å²) in [5.74, 6) is -0.382. The van der Waals surface area contributed by atoms with Crippen molar-refractivity contribution in [1.29, 1.82) is 0 Å². The van der Waals surface area contributed by atoms with Gasteiger partial charge in [0.05, 0.1) is 11.3 Å². The van der Waals surface area contributed by atoms with Crippen molar-refractivity contribution in [3.8, 4) is 0 Å². The maximum Gasteiger partial charge on any atom is 0.231 e. The minimum atomic E-state index is -0.354. The average molecular weight is 272 g/mol. The minimum Gasteiger partial charge on any atom is -0.453 e. The zero-order valence-electron chi connectivity index (χ0n) is 11.2. The van der Waals surface area contributed by atoms with Gasteiger partial charge in [-0.25, -0.2) is 4.39 Å². The van der Waals surface area contributed by atoms with Crippen LogP contribution in [0.2, 0.25) is 0 Å². The molecular weight excluding hydrogens is 259 g/mol. The predicted molar refractivity (Wildman–Crippen MR) is 72.2 cm³/mol. The van der Waals surface area contributed by atoms with Crippen LogP contribution in [0.3, 0.4) is 0 Å². The minimum absolute atomic E-state index is 0.202. The highest BCUT2D eigenvalue weighted by molar-refractivity contribution is 6.09. The molecule has 2 aromatic heterocycles. The van der Waals surface area contributed by atoms with Gasteiger partial charge in [0, 0.05) is 18.6 Å². The summed E-state index contributed by atoms with van der Waals surface area (Å²) < 4.78 is 20.3. The number of furan rings is 1. The number of halogens is 1. The number of fused-ring (bicyclic) bond motifs is 1. The van der Waals surface area contributed by atoms with Crippen LogP contribution in [-0.4, -0.2) is 15.6 Å². The third kappa shape index (κ3) is 2.01. The first-order valence-corrected chi connectivity index (χ1v) is 6.35. The van der Waals surface area contributed by atoms with Crippen LogP contribution in [0.1, 0.15) is 28.7 Å². The molecule has 0 radical (unpaired) electrons. The number of benzene rings is 1.